The first-order valence-corrected chi connectivity index (χ1v) is 7.29. The molecule has 2 aromatic rings. The van der Waals surface area contributed by atoms with Crippen molar-refractivity contribution in [2.75, 3.05) is 0 Å². The van der Waals surface area contributed by atoms with Crippen molar-refractivity contribution in [3.05, 3.63) is 27.0 Å². The maximum Gasteiger partial charge on any atom is 0.182 e. The van der Waals surface area contributed by atoms with Gasteiger partial charge in [-0.15, -0.1) is 5.10 Å². The molecule has 0 saturated heterocycles. The van der Waals surface area contributed by atoms with Gasteiger partial charge in [0.15, 0.2) is 5.78 Å². The summed E-state index contributed by atoms with van der Waals surface area (Å²) in [5.41, 5.74) is 2.29. The van der Waals surface area contributed by atoms with Crippen LogP contribution in [0.1, 0.15) is 40.6 Å². The summed E-state index contributed by atoms with van der Waals surface area (Å²) in [6.45, 7) is 6.46. The number of nitrogens with zero attached hydrogens (tertiary/aromatic N) is 4. The minimum Gasteiger partial charge on any atom is -0.293 e. The third-order valence-corrected chi connectivity index (χ3v) is 4.23. The lowest BCUT2D eigenvalue weighted by Gasteiger charge is -2.03. The van der Waals surface area contributed by atoms with Gasteiger partial charge < -0.3 is 0 Å². The Morgan fingerprint density at radius 3 is 2.68 bits per heavy atom. The van der Waals surface area contributed by atoms with E-state index in [4.69, 9.17) is 11.6 Å². The average molecular weight is 299 g/mol. The molecule has 0 aliphatic carbocycles. The standard InChI is InChI=1S/C12H15ClN4OS/c1-4-8-11(13)9(17(5-2)15-8)6-10(18)12-7(3)14-16-19-12/h4-6H2,1-3H3. The van der Waals surface area contributed by atoms with Crippen molar-refractivity contribution in [3.63, 3.8) is 0 Å². The summed E-state index contributed by atoms with van der Waals surface area (Å²) in [5.74, 6) is -0.00773. The number of rotatable bonds is 5. The SMILES string of the molecule is CCc1nn(CC)c(CC(=O)c2snnc2C)c1Cl. The van der Waals surface area contributed by atoms with Crippen LogP contribution in [0, 0.1) is 6.92 Å². The van der Waals surface area contributed by atoms with E-state index in [-0.39, 0.29) is 12.2 Å². The predicted octanol–water partition coefficient (Wildman–Crippen LogP) is 2.70. The van der Waals surface area contributed by atoms with Crippen molar-refractivity contribution in [3.8, 4) is 0 Å². The third kappa shape index (κ3) is 2.69. The predicted molar refractivity (Wildman–Crippen MR) is 75.0 cm³/mol. The van der Waals surface area contributed by atoms with Crippen LogP contribution in [0.3, 0.4) is 0 Å². The van der Waals surface area contributed by atoms with Crippen LogP contribution in [0.4, 0.5) is 0 Å². The molecule has 2 rings (SSSR count). The number of hydrogen-bond acceptors (Lipinski definition) is 5. The average Bonchev–Trinajstić information content (AvgIpc) is 2.95. The smallest absolute Gasteiger partial charge is 0.182 e. The van der Waals surface area contributed by atoms with Crippen molar-refractivity contribution in [2.45, 2.75) is 40.2 Å². The number of carbonyl (C=O) groups excluding carboxylic acids is 1. The molecule has 0 fully saturated rings. The number of carbonyl (C=O) groups is 1. The molecule has 0 radical (unpaired) electrons. The number of ketones is 1. The first-order valence-electron chi connectivity index (χ1n) is 6.14. The molecule has 102 valence electrons. The monoisotopic (exact) mass is 298 g/mol. The summed E-state index contributed by atoms with van der Waals surface area (Å²) in [5, 5.41) is 8.87. The number of aryl methyl sites for hydroxylation is 3. The molecule has 19 heavy (non-hydrogen) atoms. The summed E-state index contributed by atoms with van der Waals surface area (Å²) < 4.78 is 5.58. The van der Waals surface area contributed by atoms with Gasteiger partial charge in [-0.25, -0.2) is 0 Å². The zero-order valence-corrected chi connectivity index (χ0v) is 12.7. The van der Waals surface area contributed by atoms with Crippen molar-refractivity contribution in [1.29, 1.82) is 0 Å². The van der Waals surface area contributed by atoms with Gasteiger partial charge in [-0.1, -0.05) is 23.0 Å². The van der Waals surface area contributed by atoms with E-state index in [2.05, 4.69) is 14.7 Å². The zero-order valence-electron chi connectivity index (χ0n) is 11.1. The highest BCUT2D eigenvalue weighted by Crippen LogP contribution is 2.24. The van der Waals surface area contributed by atoms with Crippen molar-refractivity contribution >= 4 is 28.9 Å². The largest absolute Gasteiger partial charge is 0.293 e. The summed E-state index contributed by atoms with van der Waals surface area (Å²) in [6, 6.07) is 0. The van der Waals surface area contributed by atoms with Crippen LogP contribution in [0.25, 0.3) is 0 Å². The van der Waals surface area contributed by atoms with Crippen LogP contribution in [0.5, 0.6) is 0 Å². The molecule has 0 amide bonds. The van der Waals surface area contributed by atoms with Crippen LogP contribution < -0.4 is 0 Å². The highest BCUT2D eigenvalue weighted by atomic mass is 35.5. The number of halogens is 1. The van der Waals surface area contributed by atoms with Gasteiger partial charge in [-0.2, -0.15) is 5.10 Å². The van der Waals surface area contributed by atoms with E-state index >= 15 is 0 Å². The Kier molecular flexibility index (Phi) is 4.31. The molecule has 2 heterocycles. The Labute approximate surface area is 120 Å². The van der Waals surface area contributed by atoms with Crippen LogP contribution in [-0.4, -0.2) is 25.2 Å². The molecule has 2 aromatic heterocycles. The normalized spacial score (nSPS) is 10.9. The van der Waals surface area contributed by atoms with Crippen LogP contribution in [0.2, 0.25) is 5.02 Å². The van der Waals surface area contributed by atoms with E-state index in [1.165, 1.54) is 0 Å². The summed E-state index contributed by atoms with van der Waals surface area (Å²) in [7, 11) is 0. The first-order chi connectivity index (χ1) is 9.08. The molecule has 7 heteroatoms. The van der Waals surface area contributed by atoms with E-state index in [0.29, 0.717) is 22.1 Å². The Bertz CT molecular complexity index is 605. The van der Waals surface area contributed by atoms with Gasteiger partial charge in [-0.05, 0) is 31.8 Å². The molecule has 0 atom stereocenters. The number of aromatic nitrogens is 4. The molecule has 0 N–H and O–H groups in total. The molecule has 0 bridgehead atoms. The molecule has 0 aromatic carbocycles. The molecular formula is C12H15ClN4OS. The van der Waals surface area contributed by atoms with Gasteiger partial charge in [-0.3, -0.25) is 9.48 Å². The molecule has 0 unspecified atom stereocenters. The van der Waals surface area contributed by atoms with Crippen molar-refractivity contribution < 1.29 is 4.79 Å². The molecule has 5 nitrogen and oxygen atoms in total. The second-order valence-electron chi connectivity index (χ2n) is 4.16. The number of hydrogen-bond donors (Lipinski definition) is 0. The second kappa shape index (κ2) is 5.79. The first kappa shape index (κ1) is 14.1. The van der Waals surface area contributed by atoms with Crippen LogP contribution >= 0.6 is 23.1 Å². The Balaban J connectivity index is 2.31. The van der Waals surface area contributed by atoms with E-state index in [1.807, 2.05) is 13.8 Å². The van der Waals surface area contributed by atoms with E-state index in [1.54, 1.807) is 11.6 Å². The quantitative estimate of drug-likeness (QED) is 0.796. The minimum absolute atomic E-state index is 0.00773. The van der Waals surface area contributed by atoms with Crippen molar-refractivity contribution in [1.82, 2.24) is 19.4 Å². The van der Waals surface area contributed by atoms with E-state index < -0.39 is 0 Å². The van der Waals surface area contributed by atoms with E-state index in [0.717, 1.165) is 29.3 Å². The van der Waals surface area contributed by atoms with Crippen LogP contribution in [-0.2, 0) is 19.4 Å². The lowest BCUT2D eigenvalue weighted by atomic mass is 10.1. The molecule has 0 saturated carbocycles. The summed E-state index contributed by atoms with van der Waals surface area (Å²) >= 11 is 7.42. The van der Waals surface area contributed by atoms with Gasteiger partial charge in [0.25, 0.3) is 0 Å². The maximum atomic E-state index is 12.2. The fraction of sp³-hybridized carbons (Fsp3) is 0.500. The molecular weight excluding hydrogens is 284 g/mol. The minimum atomic E-state index is -0.00773. The highest BCUT2D eigenvalue weighted by molar-refractivity contribution is 7.08. The Morgan fingerprint density at radius 2 is 2.16 bits per heavy atom. The van der Waals surface area contributed by atoms with Crippen molar-refractivity contribution in [2.24, 2.45) is 0 Å². The van der Waals surface area contributed by atoms with Gasteiger partial charge >= 0.3 is 0 Å². The fourth-order valence-corrected chi connectivity index (χ4v) is 2.83. The highest BCUT2D eigenvalue weighted by Gasteiger charge is 2.20. The van der Waals surface area contributed by atoms with E-state index in [9.17, 15) is 4.79 Å². The second-order valence-corrected chi connectivity index (χ2v) is 5.30. The van der Waals surface area contributed by atoms with Gasteiger partial charge in [0, 0.05) is 6.54 Å². The molecule has 0 spiro atoms. The lowest BCUT2D eigenvalue weighted by molar-refractivity contribution is 0.0993. The van der Waals surface area contributed by atoms with Crippen LogP contribution in [0.15, 0.2) is 0 Å². The van der Waals surface area contributed by atoms with Gasteiger partial charge in [0.2, 0.25) is 0 Å². The summed E-state index contributed by atoms with van der Waals surface area (Å²) in [6.07, 6.45) is 0.999. The third-order valence-electron chi connectivity index (χ3n) is 2.93. The zero-order chi connectivity index (χ0) is 14.0. The maximum absolute atomic E-state index is 12.2. The van der Waals surface area contributed by atoms with Gasteiger partial charge in [0.1, 0.15) is 4.88 Å². The Morgan fingerprint density at radius 1 is 1.42 bits per heavy atom. The topological polar surface area (TPSA) is 60.7 Å². The summed E-state index contributed by atoms with van der Waals surface area (Å²) in [4.78, 5) is 12.8. The number of Topliss-reactive ketones (excluding diaryl/α,β-unsaturated/α-hetero) is 1. The Hall–Kier alpha value is -1.27. The van der Waals surface area contributed by atoms with Gasteiger partial charge in [0.05, 0.1) is 28.5 Å². The lowest BCUT2D eigenvalue weighted by Crippen LogP contribution is -2.10. The molecule has 0 aliphatic rings. The fourth-order valence-electron chi connectivity index (χ4n) is 1.91. The molecule has 0 aliphatic heterocycles.